The van der Waals surface area contributed by atoms with E-state index in [2.05, 4.69) is 0 Å². The van der Waals surface area contributed by atoms with E-state index in [1.807, 2.05) is 0 Å². The Labute approximate surface area is 159 Å². The molecule has 0 aromatic heterocycles. The number of rotatable bonds is 3. The number of hydrogen-bond donors (Lipinski definition) is 0. The average molecular weight is 396 g/mol. The number of nitrogens with zero attached hydrogens (tertiary/aromatic N) is 1. The van der Waals surface area contributed by atoms with Crippen molar-refractivity contribution in [2.45, 2.75) is 0 Å². The van der Waals surface area contributed by atoms with Crippen molar-refractivity contribution in [3.63, 3.8) is 0 Å². The summed E-state index contributed by atoms with van der Waals surface area (Å²) in [6.07, 6.45) is 1.67. The van der Waals surface area contributed by atoms with E-state index in [0.29, 0.717) is 36.3 Å². The van der Waals surface area contributed by atoms with Gasteiger partial charge in [0.05, 0.1) is 17.7 Å². The Kier molecular flexibility index (Phi) is 5.15. The van der Waals surface area contributed by atoms with Gasteiger partial charge in [0.25, 0.3) is 5.91 Å². The fourth-order valence-corrected chi connectivity index (χ4v) is 4.01. The lowest BCUT2D eigenvalue weighted by atomic mass is 10.2. The van der Waals surface area contributed by atoms with Gasteiger partial charge in [0.15, 0.2) is 4.32 Å². The first-order valence-corrected chi connectivity index (χ1v) is 8.85. The Balaban J connectivity index is 1.98. The molecule has 24 heavy (non-hydrogen) atoms. The molecule has 1 heterocycles. The number of thioether (sulfide) groups is 1. The summed E-state index contributed by atoms with van der Waals surface area (Å²) in [6, 6.07) is 12.4. The molecule has 0 N–H and O–H groups in total. The molecular formula is C17H11Cl2NO2S2. The van der Waals surface area contributed by atoms with E-state index in [-0.39, 0.29) is 5.91 Å². The van der Waals surface area contributed by atoms with Gasteiger partial charge in [-0.15, -0.1) is 0 Å². The molecule has 0 spiro atoms. The average Bonchev–Trinajstić information content (AvgIpc) is 2.85. The van der Waals surface area contributed by atoms with E-state index < -0.39 is 0 Å². The first-order chi connectivity index (χ1) is 11.5. The second-order valence-corrected chi connectivity index (χ2v) is 7.34. The molecule has 7 heteroatoms. The number of ether oxygens (including phenoxy) is 1. The van der Waals surface area contributed by atoms with Crippen LogP contribution in [0.15, 0.2) is 47.4 Å². The number of amides is 1. The lowest BCUT2D eigenvalue weighted by Gasteiger charge is -2.15. The maximum atomic E-state index is 12.8. The van der Waals surface area contributed by atoms with E-state index in [1.165, 1.54) is 16.7 Å². The second kappa shape index (κ2) is 7.15. The molecule has 0 aliphatic carbocycles. The number of hydrogen-bond acceptors (Lipinski definition) is 4. The predicted molar refractivity (Wildman–Crippen MR) is 105 cm³/mol. The van der Waals surface area contributed by atoms with Crippen LogP contribution >= 0.6 is 47.2 Å². The highest BCUT2D eigenvalue weighted by atomic mass is 35.5. The summed E-state index contributed by atoms with van der Waals surface area (Å²) in [5, 5.41) is 0.961. The van der Waals surface area contributed by atoms with Gasteiger partial charge >= 0.3 is 0 Å². The zero-order valence-electron chi connectivity index (χ0n) is 12.5. The monoisotopic (exact) mass is 395 g/mol. The third-order valence-corrected chi connectivity index (χ3v) is 5.34. The van der Waals surface area contributed by atoms with E-state index in [4.69, 9.17) is 40.2 Å². The largest absolute Gasteiger partial charge is 0.497 e. The van der Waals surface area contributed by atoms with Crippen molar-refractivity contribution in [3.05, 3.63) is 63.0 Å². The third kappa shape index (κ3) is 3.30. The standard InChI is InChI=1S/C17H11Cl2NO2S2/c1-22-11-5-2-4-10(8-11)20-16(21)15(24-17(20)23)9-12-13(18)6-3-7-14(12)19/h2-9H,1H3. The Morgan fingerprint density at radius 3 is 2.50 bits per heavy atom. The minimum absolute atomic E-state index is 0.214. The van der Waals surface area contributed by atoms with Crippen molar-refractivity contribution >= 4 is 69.2 Å². The van der Waals surface area contributed by atoms with Gasteiger partial charge in [0.1, 0.15) is 5.75 Å². The molecule has 1 aliphatic rings. The van der Waals surface area contributed by atoms with Crippen LogP contribution in [0.4, 0.5) is 5.69 Å². The van der Waals surface area contributed by atoms with Crippen LogP contribution < -0.4 is 9.64 Å². The topological polar surface area (TPSA) is 29.5 Å². The Morgan fingerprint density at radius 1 is 1.17 bits per heavy atom. The highest BCUT2D eigenvalue weighted by Crippen LogP contribution is 2.38. The van der Waals surface area contributed by atoms with Gasteiger partial charge in [0, 0.05) is 21.7 Å². The maximum absolute atomic E-state index is 12.8. The molecule has 0 saturated carbocycles. The van der Waals surface area contributed by atoms with Crippen molar-refractivity contribution in [2.75, 3.05) is 12.0 Å². The molecule has 3 rings (SSSR count). The molecule has 2 aromatic rings. The van der Waals surface area contributed by atoms with Crippen LogP contribution in [0.25, 0.3) is 6.08 Å². The molecular weight excluding hydrogens is 385 g/mol. The minimum atomic E-state index is -0.214. The molecule has 3 nitrogen and oxygen atoms in total. The zero-order valence-corrected chi connectivity index (χ0v) is 15.6. The number of carbonyl (C=O) groups excluding carboxylic acids is 1. The van der Waals surface area contributed by atoms with Gasteiger partial charge in [-0.25, -0.2) is 0 Å². The second-order valence-electron chi connectivity index (χ2n) is 4.85. The lowest BCUT2D eigenvalue weighted by Crippen LogP contribution is -2.27. The maximum Gasteiger partial charge on any atom is 0.270 e. The number of methoxy groups -OCH3 is 1. The quantitative estimate of drug-likeness (QED) is 0.513. The molecule has 0 atom stereocenters. The molecule has 2 aromatic carbocycles. The highest BCUT2D eigenvalue weighted by molar-refractivity contribution is 8.27. The number of thiocarbonyl (C=S) groups is 1. The minimum Gasteiger partial charge on any atom is -0.497 e. The van der Waals surface area contributed by atoms with Gasteiger partial charge in [-0.05, 0) is 30.3 Å². The molecule has 1 amide bonds. The number of halogens is 2. The van der Waals surface area contributed by atoms with Gasteiger partial charge in [-0.2, -0.15) is 0 Å². The normalized spacial score (nSPS) is 16.1. The Morgan fingerprint density at radius 2 is 1.83 bits per heavy atom. The molecule has 0 unspecified atom stereocenters. The van der Waals surface area contributed by atoms with Gasteiger partial charge in [0.2, 0.25) is 0 Å². The van der Waals surface area contributed by atoms with E-state index in [9.17, 15) is 4.79 Å². The van der Waals surface area contributed by atoms with Crippen LogP contribution in [0, 0.1) is 0 Å². The van der Waals surface area contributed by atoms with Crippen molar-refractivity contribution < 1.29 is 9.53 Å². The van der Waals surface area contributed by atoms with Gasteiger partial charge in [-0.1, -0.05) is 59.3 Å². The summed E-state index contributed by atoms with van der Waals surface area (Å²) in [7, 11) is 1.57. The molecule has 1 aliphatic heterocycles. The van der Waals surface area contributed by atoms with Crippen LogP contribution in [0.2, 0.25) is 10.0 Å². The van der Waals surface area contributed by atoms with Crippen LogP contribution in [-0.2, 0) is 4.79 Å². The van der Waals surface area contributed by atoms with E-state index in [1.54, 1.807) is 55.7 Å². The summed E-state index contributed by atoms with van der Waals surface area (Å²) in [4.78, 5) is 14.7. The van der Waals surface area contributed by atoms with Gasteiger partial charge < -0.3 is 4.74 Å². The number of anilines is 1. The van der Waals surface area contributed by atoms with Crippen LogP contribution in [-0.4, -0.2) is 17.3 Å². The third-order valence-electron chi connectivity index (χ3n) is 3.38. The molecule has 0 radical (unpaired) electrons. The summed E-state index contributed by atoms with van der Waals surface area (Å²) >= 11 is 18.9. The first-order valence-electron chi connectivity index (χ1n) is 6.87. The highest BCUT2D eigenvalue weighted by Gasteiger charge is 2.33. The molecule has 0 bridgehead atoms. The van der Waals surface area contributed by atoms with Crippen molar-refractivity contribution in [1.29, 1.82) is 0 Å². The summed E-state index contributed by atoms with van der Waals surface area (Å²) < 4.78 is 5.65. The van der Waals surface area contributed by atoms with Crippen molar-refractivity contribution in [1.82, 2.24) is 0 Å². The number of benzene rings is 2. The van der Waals surface area contributed by atoms with Crippen LogP contribution in [0.5, 0.6) is 5.75 Å². The predicted octanol–water partition coefficient (Wildman–Crippen LogP) is 5.41. The number of carbonyl (C=O) groups is 1. The molecule has 1 saturated heterocycles. The fraction of sp³-hybridized carbons (Fsp3) is 0.0588. The summed E-state index contributed by atoms with van der Waals surface area (Å²) in [6.45, 7) is 0. The SMILES string of the molecule is COc1cccc(N2C(=O)C(=Cc3c(Cl)cccc3Cl)SC2=S)c1. The first kappa shape index (κ1) is 17.3. The van der Waals surface area contributed by atoms with Crippen molar-refractivity contribution in [3.8, 4) is 5.75 Å². The van der Waals surface area contributed by atoms with Crippen molar-refractivity contribution in [2.24, 2.45) is 0 Å². The zero-order chi connectivity index (χ0) is 17.3. The molecule has 1 fully saturated rings. The van der Waals surface area contributed by atoms with E-state index >= 15 is 0 Å². The van der Waals surface area contributed by atoms with Crippen LogP contribution in [0.1, 0.15) is 5.56 Å². The van der Waals surface area contributed by atoms with Crippen LogP contribution in [0.3, 0.4) is 0 Å². The fourth-order valence-electron chi connectivity index (χ4n) is 2.22. The Hall–Kier alpha value is -1.53. The summed E-state index contributed by atoms with van der Waals surface area (Å²) in [5.74, 6) is 0.439. The summed E-state index contributed by atoms with van der Waals surface area (Å²) in [5.41, 5.74) is 1.26. The Bertz CT molecular complexity index is 847. The van der Waals surface area contributed by atoms with Gasteiger partial charge in [-0.3, -0.25) is 9.69 Å². The van der Waals surface area contributed by atoms with E-state index in [0.717, 1.165) is 0 Å². The smallest absolute Gasteiger partial charge is 0.270 e. The molecule has 122 valence electrons. The lowest BCUT2D eigenvalue weighted by molar-refractivity contribution is -0.113.